The lowest BCUT2D eigenvalue weighted by atomic mass is 9.98. The first-order valence-corrected chi connectivity index (χ1v) is 6.59. The Balaban J connectivity index is 2.46. The minimum atomic E-state index is -1.13. The molecule has 1 heterocycles. The summed E-state index contributed by atoms with van der Waals surface area (Å²) in [5, 5.41) is 27.1. The van der Waals surface area contributed by atoms with Crippen LogP contribution >= 0.6 is 11.6 Å². The number of carbonyl (C=O) groups excluding carboxylic acids is 1. The molecule has 1 aromatic heterocycles. The van der Waals surface area contributed by atoms with Crippen LogP contribution in [-0.2, 0) is 4.74 Å². The molecule has 0 radical (unpaired) electrons. The molecule has 0 saturated carbocycles. The van der Waals surface area contributed by atoms with E-state index >= 15 is 0 Å². The summed E-state index contributed by atoms with van der Waals surface area (Å²) in [4.78, 5) is 11.8. The van der Waals surface area contributed by atoms with Gasteiger partial charge in [0.15, 0.2) is 0 Å². The second-order valence-corrected chi connectivity index (χ2v) is 4.76. The number of esters is 1. The topological polar surface area (TPSA) is 95.4 Å². The van der Waals surface area contributed by atoms with E-state index in [0.29, 0.717) is 16.5 Å². The number of aliphatic hydroxyl groups is 2. The number of methoxy groups -OCH3 is 1. The van der Waals surface area contributed by atoms with Crippen LogP contribution in [0, 0.1) is 0 Å². The van der Waals surface area contributed by atoms with Gasteiger partial charge in [-0.05, 0) is 24.1 Å². The van der Waals surface area contributed by atoms with E-state index in [0.717, 1.165) is 0 Å². The van der Waals surface area contributed by atoms with E-state index < -0.39 is 18.2 Å². The Labute approximate surface area is 120 Å². The van der Waals surface area contributed by atoms with Gasteiger partial charge in [-0.25, -0.2) is 4.79 Å². The third-order valence-electron chi connectivity index (χ3n) is 3.10. The predicted octanol–water partition coefficient (Wildman–Crippen LogP) is 1.37. The maximum Gasteiger partial charge on any atom is 0.338 e. The highest BCUT2D eigenvalue weighted by atomic mass is 35.5. The van der Waals surface area contributed by atoms with Gasteiger partial charge < -0.3 is 14.9 Å². The molecule has 6 nitrogen and oxygen atoms in total. The lowest BCUT2D eigenvalue weighted by molar-refractivity contribution is 0.0170. The molecule has 2 aromatic rings. The van der Waals surface area contributed by atoms with Gasteiger partial charge in [-0.2, -0.15) is 5.10 Å². The van der Waals surface area contributed by atoms with Crippen LogP contribution in [-0.4, -0.2) is 45.5 Å². The zero-order valence-electron chi connectivity index (χ0n) is 10.8. The minimum absolute atomic E-state index is 0.231. The van der Waals surface area contributed by atoms with Crippen molar-refractivity contribution in [3.05, 3.63) is 29.5 Å². The molecule has 0 saturated heterocycles. The van der Waals surface area contributed by atoms with Crippen molar-refractivity contribution >= 4 is 28.5 Å². The molecule has 0 amide bonds. The van der Waals surface area contributed by atoms with Gasteiger partial charge in [0.05, 0.1) is 30.5 Å². The summed E-state index contributed by atoms with van der Waals surface area (Å²) in [5.41, 5.74) is 1.27. The van der Waals surface area contributed by atoms with Crippen LogP contribution in [0.25, 0.3) is 10.9 Å². The van der Waals surface area contributed by atoms with Gasteiger partial charge in [0.1, 0.15) is 6.10 Å². The number of fused-ring (bicyclic) bond motifs is 1. The number of hydrogen-bond acceptors (Lipinski definition) is 5. The number of rotatable bonds is 5. The van der Waals surface area contributed by atoms with Crippen molar-refractivity contribution in [2.24, 2.45) is 0 Å². The van der Waals surface area contributed by atoms with Gasteiger partial charge in [0, 0.05) is 11.3 Å². The number of ether oxygens (including phenoxy) is 1. The average Bonchev–Trinajstić information content (AvgIpc) is 2.93. The Kier molecular flexibility index (Phi) is 4.59. The van der Waals surface area contributed by atoms with E-state index in [1.165, 1.54) is 19.4 Å². The first-order chi connectivity index (χ1) is 9.58. The molecular weight excluding hydrogens is 284 g/mol. The van der Waals surface area contributed by atoms with Crippen molar-refractivity contribution in [3.63, 3.8) is 0 Å². The van der Waals surface area contributed by atoms with Crippen molar-refractivity contribution in [1.29, 1.82) is 0 Å². The molecule has 108 valence electrons. The molecule has 0 aliphatic heterocycles. The maximum atomic E-state index is 11.8. The molecular formula is C13H15ClN2O4. The Bertz CT molecular complexity index is 613. The summed E-state index contributed by atoms with van der Waals surface area (Å²) in [6.07, 6.45) is -0.382. The van der Waals surface area contributed by atoms with Gasteiger partial charge in [0.2, 0.25) is 0 Å². The first kappa shape index (κ1) is 14.8. The van der Waals surface area contributed by atoms with E-state index in [1.54, 1.807) is 6.07 Å². The number of benzene rings is 1. The van der Waals surface area contributed by atoms with Gasteiger partial charge in [-0.3, -0.25) is 5.10 Å². The van der Waals surface area contributed by atoms with E-state index in [1.807, 2.05) is 0 Å². The zero-order chi connectivity index (χ0) is 14.7. The fourth-order valence-electron chi connectivity index (χ4n) is 2.01. The quantitative estimate of drug-likeness (QED) is 0.572. The lowest BCUT2D eigenvalue weighted by Gasteiger charge is -2.18. The highest BCUT2D eigenvalue weighted by Crippen LogP contribution is 2.26. The number of nitrogens with zero attached hydrogens (tertiary/aromatic N) is 1. The molecule has 20 heavy (non-hydrogen) atoms. The summed E-state index contributed by atoms with van der Waals surface area (Å²) in [6, 6.07) is 3.13. The Morgan fingerprint density at radius 1 is 1.50 bits per heavy atom. The molecule has 0 aliphatic carbocycles. The van der Waals surface area contributed by atoms with Crippen LogP contribution in [0.1, 0.15) is 28.4 Å². The van der Waals surface area contributed by atoms with E-state index in [2.05, 4.69) is 10.2 Å². The number of aromatic nitrogens is 2. The molecule has 0 bridgehead atoms. The third-order valence-corrected chi connectivity index (χ3v) is 3.32. The summed E-state index contributed by atoms with van der Waals surface area (Å²) < 4.78 is 4.71. The molecule has 1 aromatic carbocycles. The largest absolute Gasteiger partial charge is 0.465 e. The summed E-state index contributed by atoms with van der Waals surface area (Å²) in [7, 11) is 1.28. The maximum absolute atomic E-state index is 11.8. The van der Waals surface area contributed by atoms with Crippen molar-refractivity contribution < 1.29 is 19.7 Å². The van der Waals surface area contributed by atoms with Crippen LogP contribution in [0.3, 0.4) is 0 Å². The van der Waals surface area contributed by atoms with Crippen molar-refractivity contribution in [2.75, 3.05) is 13.0 Å². The van der Waals surface area contributed by atoms with Crippen LogP contribution in [0.2, 0.25) is 0 Å². The van der Waals surface area contributed by atoms with Crippen LogP contribution < -0.4 is 0 Å². The first-order valence-electron chi connectivity index (χ1n) is 6.06. The second kappa shape index (κ2) is 6.21. The lowest BCUT2D eigenvalue weighted by Crippen LogP contribution is -2.19. The van der Waals surface area contributed by atoms with Gasteiger partial charge >= 0.3 is 5.97 Å². The predicted molar refractivity (Wildman–Crippen MR) is 73.7 cm³/mol. The number of carbonyl (C=O) groups is 1. The fourth-order valence-corrected chi connectivity index (χ4v) is 2.24. The Morgan fingerprint density at radius 2 is 2.25 bits per heavy atom. The monoisotopic (exact) mass is 298 g/mol. The van der Waals surface area contributed by atoms with E-state index in [9.17, 15) is 15.0 Å². The van der Waals surface area contributed by atoms with Gasteiger partial charge in [-0.15, -0.1) is 11.6 Å². The number of nitrogens with one attached hydrogen (secondary N) is 1. The van der Waals surface area contributed by atoms with E-state index in [-0.39, 0.29) is 17.9 Å². The number of halogens is 1. The van der Waals surface area contributed by atoms with Crippen molar-refractivity contribution in [3.8, 4) is 0 Å². The summed E-state index contributed by atoms with van der Waals surface area (Å²) in [6.45, 7) is 0. The number of hydrogen-bond donors (Lipinski definition) is 3. The van der Waals surface area contributed by atoms with E-state index in [4.69, 9.17) is 16.3 Å². The number of H-pyrrole nitrogens is 1. The minimum Gasteiger partial charge on any atom is -0.465 e. The third kappa shape index (κ3) is 2.77. The fraction of sp³-hybridized carbons (Fsp3) is 0.385. The highest BCUT2D eigenvalue weighted by Gasteiger charge is 2.21. The Hall–Kier alpha value is -1.63. The van der Waals surface area contributed by atoms with Gasteiger partial charge in [0.25, 0.3) is 0 Å². The zero-order valence-corrected chi connectivity index (χ0v) is 11.6. The van der Waals surface area contributed by atoms with Gasteiger partial charge in [-0.1, -0.05) is 0 Å². The standard InChI is InChI=1S/C13H15ClN2O4/c1-20-13(19)8-4-7(12(18)11(17)2-3-14)5-10-9(8)6-15-16-10/h4-6,11-12,17-18H,2-3H2,1H3,(H,15,16). The van der Waals surface area contributed by atoms with Crippen LogP contribution in [0.15, 0.2) is 18.3 Å². The summed E-state index contributed by atoms with van der Waals surface area (Å²) in [5.74, 6) is -0.300. The molecule has 0 aliphatic rings. The smallest absolute Gasteiger partial charge is 0.338 e. The summed E-state index contributed by atoms with van der Waals surface area (Å²) >= 11 is 5.55. The van der Waals surface area contributed by atoms with Crippen LogP contribution in [0.4, 0.5) is 0 Å². The second-order valence-electron chi connectivity index (χ2n) is 4.38. The normalized spacial score (nSPS) is 14.2. The molecule has 0 fully saturated rings. The molecule has 7 heteroatoms. The Morgan fingerprint density at radius 3 is 2.90 bits per heavy atom. The molecule has 2 unspecified atom stereocenters. The number of aromatic amines is 1. The van der Waals surface area contributed by atoms with Crippen LogP contribution in [0.5, 0.6) is 0 Å². The SMILES string of the molecule is COC(=O)c1cc(C(O)C(O)CCCl)cc2[nH]ncc12. The molecule has 0 spiro atoms. The average molecular weight is 299 g/mol. The number of alkyl halides is 1. The highest BCUT2D eigenvalue weighted by molar-refractivity contribution is 6.17. The molecule has 2 atom stereocenters. The molecule has 2 rings (SSSR count). The molecule has 3 N–H and O–H groups in total. The van der Waals surface area contributed by atoms with Crippen molar-refractivity contribution in [2.45, 2.75) is 18.6 Å². The van der Waals surface area contributed by atoms with Crippen molar-refractivity contribution in [1.82, 2.24) is 10.2 Å². The number of aliphatic hydroxyl groups excluding tert-OH is 2.